The van der Waals surface area contributed by atoms with Gasteiger partial charge in [0.25, 0.3) is 0 Å². The zero-order valence-electron chi connectivity index (χ0n) is 13.2. The van der Waals surface area contributed by atoms with Gasteiger partial charge in [-0.1, -0.05) is 30.3 Å². The fourth-order valence-corrected chi connectivity index (χ4v) is 2.66. The lowest BCUT2D eigenvalue weighted by Gasteiger charge is -2.32. The normalized spacial score (nSPS) is 18.3. The van der Waals surface area contributed by atoms with Crippen LogP contribution in [0.1, 0.15) is 22.9 Å². The summed E-state index contributed by atoms with van der Waals surface area (Å²) in [4.78, 5) is 18.4. The Kier molecular flexibility index (Phi) is 4.83. The predicted molar refractivity (Wildman–Crippen MR) is 89.7 cm³/mol. The molecule has 1 saturated heterocycles. The summed E-state index contributed by atoms with van der Waals surface area (Å²) < 4.78 is 5.82. The van der Waals surface area contributed by atoms with Gasteiger partial charge in [-0.15, -0.1) is 0 Å². The molecule has 1 aliphatic heterocycles. The van der Waals surface area contributed by atoms with Crippen molar-refractivity contribution in [1.82, 2.24) is 9.88 Å². The number of amides is 1. The number of hydrogen-bond acceptors (Lipinski definition) is 3. The topological polar surface area (TPSA) is 42.4 Å². The van der Waals surface area contributed by atoms with Gasteiger partial charge < -0.3 is 9.64 Å². The molecule has 1 aliphatic rings. The number of morpholine rings is 1. The van der Waals surface area contributed by atoms with Gasteiger partial charge in [0, 0.05) is 24.5 Å². The minimum Gasteiger partial charge on any atom is -0.370 e. The zero-order valence-corrected chi connectivity index (χ0v) is 13.2. The van der Waals surface area contributed by atoms with E-state index >= 15 is 0 Å². The molecule has 2 aromatic rings. The first kappa shape index (κ1) is 15.4. The molecule has 1 atom stereocenters. The SMILES string of the molecule is Cc1cc(C2CN(C(=O)/C=C/c3ccccc3)CCO2)ccn1. The van der Waals surface area contributed by atoms with Crippen LogP contribution in [0.3, 0.4) is 0 Å². The Morgan fingerprint density at radius 1 is 1.30 bits per heavy atom. The number of carbonyl (C=O) groups excluding carboxylic acids is 1. The number of rotatable bonds is 3. The summed E-state index contributed by atoms with van der Waals surface area (Å²) in [5, 5.41) is 0. The lowest BCUT2D eigenvalue weighted by atomic mass is 10.1. The largest absolute Gasteiger partial charge is 0.370 e. The second kappa shape index (κ2) is 7.20. The van der Waals surface area contributed by atoms with Gasteiger partial charge in [-0.25, -0.2) is 0 Å². The molecule has 1 aromatic carbocycles. The van der Waals surface area contributed by atoms with E-state index < -0.39 is 0 Å². The van der Waals surface area contributed by atoms with Gasteiger partial charge in [0.15, 0.2) is 0 Å². The van der Waals surface area contributed by atoms with Gasteiger partial charge in [-0.3, -0.25) is 9.78 Å². The highest BCUT2D eigenvalue weighted by molar-refractivity contribution is 5.91. The summed E-state index contributed by atoms with van der Waals surface area (Å²) in [6.45, 7) is 3.70. The van der Waals surface area contributed by atoms with Crippen LogP contribution >= 0.6 is 0 Å². The van der Waals surface area contributed by atoms with Crippen molar-refractivity contribution in [2.75, 3.05) is 19.7 Å². The second-order valence-electron chi connectivity index (χ2n) is 5.62. The molecule has 1 unspecified atom stereocenters. The Hall–Kier alpha value is -2.46. The van der Waals surface area contributed by atoms with E-state index in [1.807, 2.05) is 60.4 Å². The number of pyridine rings is 1. The first-order valence-electron chi connectivity index (χ1n) is 7.78. The standard InChI is InChI=1S/C19H20N2O2/c1-15-13-17(9-10-20-15)18-14-21(11-12-23-18)19(22)8-7-16-5-3-2-4-6-16/h2-10,13,18H,11-12,14H2,1H3/b8-7+. The van der Waals surface area contributed by atoms with E-state index in [1.54, 1.807) is 12.3 Å². The lowest BCUT2D eigenvalue weighted by molar-refractivity contribution is -0.133. The number of benzene rings is 1. The fourth-order valence-electron chi connectivity index (χ4n) is 2.66. The van der Waals surface area contributed by atoms with Crippen LogP contribution < -0.4 is 0 Å². The molecule has 1 amide bonds. The first-order chi connectivity index (χ1) is 11.2. The van der Waals surface area contributed by atoms with Gasteiger partial charge in [-0.2, -0.15) is 0 Å². The third-order valence-corrected chi connectivity index (χ3v) is 3.89. The van der Waals surface area contributed by atoms with Gasteiger partial charge in [0.05, 0.1) is 13.2 Å². The molecule has 23 heavy (non-hydrogen) atoms. The summed E-state index contributed by atoms with van der Waals surface area (Å²) in [5.74, 6) is 0.0212. The van der Waals surface area contributed by atoms with Crippen LogP contribution in [0.15, 0.2) is 54.7 Å². The van der Waals surface area contributed by atoms with E-state index in [2.05, 4.69) is 4.98 Å². The summed E-state index contributed by atoms with van der Waals surface area (Å²) >= 11 is 0. The average Bonchev–Trinajstić information content (AvgIpc) is 2.61. The number of ether oxygens (including phenoxy) is 1. The highest BCUT2D eigenvalue weighted by atomic mass is 16.5. The maximum Gasteiger partial charge on any atom is 0.246 e. The molecule has 0 saturated carbocycles. The molecule has 2 heterocycles. The number of nitrogens with zero attached hydrogens (tertiary/aromatic N) is 2. The van der Waals surface area contributed by atoms with E-state index in [0.29, 0.717) is 19.7 Å². The Morgan fingerprint density at radius 2 is 2.13 bits per heavy atom. The van der Waals surface area contributed by atoms with E-state index in [1.165, 1.54) is 0 Å². The fraction of sp³-hybridized carbons (Fsp3) is 0.263. The molecular weight excluding hydrogens is 288 g/mol. The Bertz CT molecular complexity index is 698. The molecule has 4 nitrogen and oxygen atoms in total. The molecule has 1 aromatic heterocycles. The predicted octanol–water partition coefficient (Wildman–Crippen LogP) is 3.00. The molecule has 0 radical (unpaired) electrons. The van der Waals surface area contributed by atoms with Crippen LogP contribution in [0.4, 0.5) is 0 Å². The number of hydrogen-bond donors (Lipinski definition) is 0. The summed E-state index contributed by atoms with van der Waals surface area (Å²) in [6, 6.07) is 13.8. The van der Waals surface area contributed by atoms with E-state index in [0.717, 1.165) is 16.8 Å². The minimum atomic E-state index is -0.0838. The van der Waals surface area contributed by atoms with Crippen molar-refractivity contribution < 1.29 is 9.53 Å². The number of carbonyl (C=O) groups is 1. The second-order valence-corrected chi connectivity index (χ2v) is 5.62. The van der Waals surface area contributed by atoms with Gasteiger partial charge in [0.1, 0.15) is 6.10 Å². The van der Waals surface area contributed by atoms with Crippen molar-refractivity contribution in [1.29, 1.82) is 0 Å². The monoisotopic (exact) mass is 308 g/mol. The van der Waals surface area contributed by atoms with Crippen LogP contribution in [-0.4, -0.2) is 35.5 Å². The van der Waals surface area contributed by atoms with Crippen LogP contribution in [0.5, 0.6) is 0 Å². The number of aryl methyl sites for hydroxylation is 1. The summed E-state index contributed by atoms with van der Waals surface area (Å²) in [5.41, 5.74) is 3.05. The number of aromatic nitrogens is 1. The van der Waals surface area contributed by atoms with Crippen molar-refractivity contribution >= 4 is 12.0 Å². The van der Waals surface area contributed by atoms with E-state index in [-0.39, 0.29) is 12.0 Å². The third-order valence-electron chi connectivity index (χ3n) is 3.89. The zero-order chi connectivity index (χ0) is 16.1. The Morgan fingerprint density at radius 3 is 2.91 bits per heavy atom. The van der Waals surface area contributed by atoms with Crippen molar-refractivity contribution in [2.24, 2.45) is 0 Å². The summed E-state index contributed by atoms with van der Waals surface area (Å²) in [6.07, 6.45) is 5.18. The van der Waals surface area contributed by atoms with Crippen LogP contribution in [-0.2, 0) is 9.53 Å². The molecule has 3 rings (SSSR count). The molecule has 0 bridgehead atoms. The lowest BCUT2D eigenvalue weighted by Crippen LogP contribution is -2.41. The van der Waals surface area contributed by atoms with E-state index in [4.69, 9.17) is 4.74 Å². The molecular formula is C19H20N2O2. The highest BCUT2D eigenvalue weighted by Crippen LogP contribution is 2.22. The molecule has 4 heteroatoms. The average molecular weight is 308 g/mol. The van der Waals surface area contributed by atoms with Gasteiger partial charge in [-0.05, 0) is 36.3 Å². The smallest absolute Gasteiger partial charge is 0.246 e. The van der Waals surface area contributed by atoms with Gasteiger partial charge in [0.2, 0.25) is 5.91 Å². The first-order valence-corrected chi connectivity index (χ1v) is 7.78. The van der Waals surface area contributed by atoms with Crippen LogP contribution in [0.2, 0.25) is 0 Å². The van der Waals surface area contributed by atoms with Crippen LogP contribution in [0.25, 0.3) is 6.08 Å². The maximum absolute atomic E-state index is 12.4. The quantitative estimate of drug-likeness (QED) is 0.819. The molecule has 118 valence electrons. The maximum atomic E-state index is 12.4. The van der Waals surface area contributed by atoms with Crippen molar-refractivity contribution in [3.8, 4) is 0 Å². The van der Waals surface area contributed by atoms with E-state index in [9.17, 15) is 4.79 Å². The summed E-state index contributed by atoms with van der Waals surface area (Å²) in [7, 11) is 0. The highest BCUT2D eigenvalue weighted by Gasteiger charge is 2.24. The molecule has 0 N–H and O–H groups in total. The minimum absolute atomic E-state index is 0.0212. The Balaban J connectivity index is 1.66. The molecule has 1 fully saturated rings. The van der Waals surface area contributed by atoms with Crippen molar-refractivity contribution in [3.05, 3.63) is 71.6 Å². The van der Waals surface area contributed by atoms with Crippen molar-refractivity contribution in [3.63, 3.8) is 0 Å². The van der Waals surface area contributed by atoms with Crippen molar-refractivity contribution in [2.45, 2.75) is 13.0 Å². The van der Waals surface area contributed by atoms with Gasteiger partial charge >= 0.3 is 0 Å². The van der Waals surface area contributed by atoms with Crippen LogP contribution in [0, 0.1) is 6.92 Å². The molecule has 0 aliphatic carbocycles. The Labute approximate surface area is 136 Å². The third kappa shape index (κ3) is 4.05. The molecule has 0 spiro atoms.